The number of Topliss-reactive ketones (excluding diaryl/α,β-unsaturated/α-hetero) is 1. The van der Waals surface area contributed by atoms with Crippen molar-refractivity contribution in [1.29, 1.82) is 0 Å². The summed E-state index contributed by atoms with van der Waals surface area (Å²) in [5, 5.41) is 7.37. The molecule has 0 saturated carbocycles. The van der Waals surface area contributed by atoms with E-state index in [-0.39, 0.29) is 36.6 Å². The minimum Gasteiger partial charge on any atom is -0.383 e. The SMILES string of the molecule is COCC(C)NCc1cc(C(F)(F)F)ccc1N1CCN(C(=O)C(Cc2ccc(Cl)cc2Cl)C(=O)C2CCCNC2)CC1. The molecule has 0 bridgehead atoms. The zero-order chi connectivity index (χ0) is 31.1. The molecule has 236 valence electrons. The first-order valence-electron chi connectivity index (χ1n) is 14.6. The van der Waals surface area contributed by atoms with E-state index in [0.717, 1.165) is 25.5 Å². The molecular weight excluding hydrogens is 604 g/mol. The van der Waals surface area contributed by atoms with Crippen LogP contribution in [-0.4, -0.2) is 75.6 Å². The van der Waals surface area contributed by atoms with E-state index >= 15 is 0 Å². The van der Waals surface area contributed by atoms with E-state index in [9.17, 15) is 22.8 Å². The number of halogens is 5. The Labute approximate surface area is 261 Å². The molecule has 12 heteroatoms. The van der Waals surface area contributed by atoms with Gasteiger partial charge in [0.15, 0.2) is 0 Å². The molecule has 0 aliphatic carbocycles. The second-order valence-electron chi connectivity index (χ2n) is 11.3. The number of nitrogens with one attached hydrogen (secondary N) is 2. The number of piperazine rings is 1. The first-order chi connectivity index (χ1) is 20.5. The van der Waals surface area contributed by atoms with E-state index in [4.69, 9.17) is 27.9 Å². The summed E-state index contributed by atoms with van der Waals surface area (Å²) in [4.78, 5) is 31.3. The van der Waals surface area contributed by atoms with Crippen LogP contribution in [0.25, 0.3) is 0 Å². The lowest BCUT2D eigenvalue weighted by molar-refractivity contribution is -0.143. The summed E-state index contributed by atoms with van der Waals surface area (Å²) < 4.78 is 45.7. The molecule has 0 radical (unpaired) electrons. The Morgan fingerprint density at radius 1 is 1.09 bits per heavy atom. The zero-order valence-electron chi connectivity index (χ0n) is 24.5. The smallest absolute Gasteiger partial charge is 0.383 e. The number of benzene rings is 2. The van der Waals surface area contributed by atoms with Crippen molar-refractivity contribution in [3.8, 4) is 0 Å². The molecule has 0 aromatic heterocycles. The quantitative estimate of drug-likeness (QED) is 0.328. The van der Waals surface area contributed by atoms with E-state index in [1.54, 1.807) is 30.2 Å². The van der Waals surface area contributed by atoms with Gasteiger partial charge in [0.25, 0.3) is 0 Å². The third kappa shape index (κ3) is 8.85. The third-order valence-electron chi connectivity index (χ3n) is 8.18. The van der Waals surface area contributed by atoms with E-state index in [1.165, 1.54) is 12.1 Å². The Bertz CT molecular complexity index is 1270. The minimum absolute atomic E-state index is 0.0511. The molecule has 2 fully saturated rings. The predicted molar refractivity (Wildman–Crippen MR) is 163 cm³/mol. The van der Waals surface area contributed by atoms with Gasteiger partial charge in [-0.2, -0.15) is 13.2 Å². The van der Waals surface area contributed by atoms with Crippen molar-refractivity contribution >= 4 is 40.6 Å². The van der Waals surface area contributed by atoms with Gasteiger partial charge < -0.3 is 25.2 Å². The molecule has 2 aliphatic rings. The first-order valence-corrected chi connectivity index (χ1v) is 15.4. The second kappa shape index (κ2) is 15.1. The molecule has 2 aliphatic heterocycles. The monoisotopic (exact) mass is 642 g/mol. The van der Waals surface area contributed by atoms with Crippen LogP contribution in [0.1, 0.15) is 36.5 Å². The van der Waals surface area contributed by atoms with E-state index in [2.05, 4.69) is 10.6 Å². The number of ketones is 1. The maximum Gasteiger partial charge on any atom is 0.416 e. The van der Waals surface area contributed by atoms with E-state index in [0.29, 0.717) is 66.2 Å². The van der Waals surface area contributed by atoms with Gasteiger partial charge in [0.2, 0.25) is 5.91 Å². The summed E-state index contributed by atoms with van der Waals surface area (Å²) in [5.74, 6) is -1.48. The average molecular weight is 644 g/mol. The zero-order valence-corrected chi connectivity index (χ0v) is 26.0. The number of rotatable bonds is 11. The highest BCUT2D eigenvalue weighted by Crippen LogP contribution is 2.34. The Hall–Kier alpha value is -2.37. The highest BCUT2D eigenvalue weighted by atomic mass is 35.5. The molecular formula is C31H39Cl2F3N4O3. The minimum atomic E-state index is -4.46. The topological polar surface area (TPSA) is 73.9 Å². The fourth-order valence-electron chi connectivity index (χ4n) is 5.79. The predicted octanol–water partition coefficient (Wildman–Crippen LogP) is 5.21. The number of hydrogen-bond acceptors (Lipinski definition) is 6. The number of nitrogens with zero attached hydrogens (tertiary/aromatic N) is 2. The maximum absolute atomic E-state index is 13.9. The van der Waals surface area contributed by atoms with Crippen molar-refractivity contribution in [3.05, 3.63) is 63.1 Å². The van der Waals surface area contributed by atoms with E-state index < -0.39 is 17.7 Å². The van der Waals surface area contributed by atoms with Crippen molar-refractivity contribution in [2.45, 2.75) is 44.9 Å². The standard InChI is InChI=1S/C31H39Cl2F3N4O3/c1-20(19-43-2)38-18-23-14-24(31(34,35)36)6-8-28(23)39-10-12-40(13-11-39)30(42)26(29(41)22-4-3-9-37-17-22)15-21-5-7-25(32)16-27(21)33/h5-8,14,16,20,22,26,37-38H,3-4,9-13,15,17-19H2,1-2H3. The van der Waals surface area contributed by atoms with Gasteiger partial charge >= 0.3 is 6.18 Å². The third-order valence-corrected chi connectivity index (χ3v) is 8.76. The Morgan fingerprint density at radius 2 is 1.84 bits per heavy atom. The molecule has 3 atom stereocenters. The molecule has 43 heavy (non-hydrogen) atoms. The molecule has 4 rings (SSSR count). The largest absolute Gasteiger partial charge is 0.416 e. The lowest BCUT2D eigenvalue weighted by atomic mass is 9.83. The molecule has 2 saturated heterocycles. The fourth-order valence-corrected chi connectivity index (χ4v) is 6.27. The van der Waals surface area contributed by atoms with Crippen molar-refractivity contribution in [2.24, 2.45) is 11.8 Å². The van der Waals surface area contributed by atoms with Crippen LogP contribution in [0.15, 0.2) is 36.4 Å². The summed E-state index contributed by atoms with van der Waals surface area (Å²) in [6, 6.07) is 8.79. The molecule has 2 N–H and O–H groups in total. The van der Waals surface area contributed by atoms with Crippen LogP contribution in [-0.2, 0) is 33.5 Å². The van der Waals surface area contributed by atoms with Gasteiger partial charge in [0.05, 0.1) is 12.2 Å². The number of methoxy groups -OCH3 is 1. The normalized spacial score (nSPS) is 19.3. The number of carbonyl (C=O) groups is 2. The van der Waals surface area contributed by atoms with Crippen molar-refractivity contribution in [1.82, 2.24) is 15.5 Å². The lowest BCUT2D eigenvalue weighted by Crippen LogP contribution is -2.53. The average Bonchev–Trinajstić information content (AvgIpc) is 2.99. The molecule has 2 aromatic carbocycles. The second-order valence-corrected chi connectivity index (χ2v) is 12.2. The van der Waals surface area contributed by atoms with Gasteiger partial charge in [0.1, 0.15) is 11.7 Å². The van der Waals surface area contributed by atoms with Crippen LogP contribution in [0.2, 0.25) is 10.0 Å². The first kappa shape index (κ1) is 33.5. The van der Waals surface area contributed by atoms with Gasteiger partial charge in [-0.15, -0.1) is 0 Å². The number of anilines is 1. The van der Waals surface area contributed by atoms with Gasteiger partial charge in [-0.05, 0) is 74.2 Å². The van der Waals surface area contributed by atoms with Crippen LogP contribution in [0, 0.1) is 11.8 Å². The molecule has 2 aromatic rings. The summed E-state index contributed by atoms with van der Waals surface area (Å²) in [7, 11) is 1.57. The molecule has 1 amide bonds. The Kier molecular flexibility index (Phi) is 11.8. The number of ether oxygens (including phenoxy) is 1. The summed E-state index contributed by atoms with van der Waals surface area (Å²) in [6.07, 6.45) is -2.69. The molecule has 3 unspecified atom stereocenters. The van der Waals surface area contributed by atoms with Crippen molar-refractivity contribution < 1.29 is 27.5 Å². The highest BCUT2D eigenvalue weighted by molar-refractivity contribution is 6.35. The van der Waals surface area contributed by atoms with Crippen molar-refractivity contribution in [2.75, 3.05) is 57.9 Å². The fraction of sp³-hybridized carbons (Fsp3) is 0.548. The lowest BCUT2D eigenvalue weighted by Gasteiger charge is -2.39. The van der Waals surface area contributed by atoms with Crippen LogP contribution < -0.4 is 15.5 Å². The van der Waals surface area contributed by atoms with Gasteiger partial charge in [0, 0.05) is 74.1 Å². The Morgan fingerprint density at radius 3 is 2.47 bits per heavy atom. The number of amides is 1. The summed E-state index contributed by atoms with van der Waals surface area (Å²) in [6.45, 7) is 5.47. The molecule has 7 nitrogen and oxygen atoms in total. The number of alkyl halides is 3. The van der Waals surface area contributed by atoms with Gasteiger partial charge in [-0.3, -0.25) is 9.59 Å². The number of hydrogen-bond donors (Lipinski definition) is 2. The van der Waals surface area contributed by atoms with Gasteiger partial charge in [-0.1, -0.05) is 29.3 Å². The van der Waals surface area contributed by atoms with Gasteiger partial charge in [-0.25, -0.2) is 0 Å². The Balaban J connectivity index is 1.50. The summed E-state index contributed by atoms with van der Waals surface area (Å²) in [5.41, 5.74) is 1.18. The van der Waals surface area contributed by atoms with Crippen LogP contribution in [0.4, 0.5) is 18.9 Å². The maximum atomic E-state index is 13.9. The number of carbonyl (C=O) groups excluding carboxylic acids is 2. The molecule has 2 heterocycles. The highest BCUT2D eigenvalue weighted by Gasteiger charge is 2.37. The van der Waals surface area contributed by atoms with Crippen LogP contribution >= 0.6 is 23.2 Å². The van der Waals surface area contributed by atoms with E-state index in [1.807, 2.05) is 11.8 Å². The number of piperidine rings is 1. The summed E-state index contributed by atoms with van der Waals surface area (Å²) >= 11 is 12.5. The van der Waals surface area contributed by atoms with Crippen molar-refractivity contribution in [3.63, 3.8) is 0 Å². The van der Waals surface area contributed by atoms with Crippen LogP contribution in [0.3, 0.4) is 0 Å². The van der Waals surface area contributed by atoms with Crippen LogP contribution in [0.5, 0.6) is 0 Å². The molecule has 0 spiro atoms.